The molecule has 0 spiro atoms. The summed E-state index contributed by atoms with van der Waals surface area (Å²) in [6.45, 7) is 1.89. The minimum atomic E-state index is -0.232. The Morgan fingerprint density at radius 1 is 1.06 bits per heavy atom. The van der Waals surface area contributed by atoms with Crippen molar-refractivity contribution in [3.05, 3.63) is 76.8 Å². The van der Waals surface area contributed by atoms with Crippen molar-refractivity contribution in [2.45, 2.75) is 44.9 Å². The molecule has 1 aliphatic rings. The first-order chi connectivity index (χ1) is 16.5. The fourth-order valence-corrected chi connectivity index (χ4v) is 4.65. The molecule has 3 aromatic carbocycles. The Labute approximate surface area is 204 Å². The van der Waals surface area contributed by atoms with E-state index in [1.807, 2.05) is 37.3 Å². The van der Waals surface area contributed by atoms with Crippen LogP contribution in [-0.4, -0.2) is 17.5 Å². The number of oxazole rings is 1. The zero-order chi connectivity index (χ0) is 23.5. The van der Waals surface area contributed by atoms with Crippen molar-refractivity contribution in [3.8, 4) is 17.2 Å². The Kier molecular flexibility index (Phi) is 6.54. The highest BCUT2D eigenvalue weighted by Gasteiger charge is 2.15. The Balaban J connectivity index is 1.20. The van der Waals surface area contributed by atoms with E-state index in [2.05, 4.69) is 22.4 Å². The third-order valence-electron chi connectivity index (χ3n) is 6.42. The van der Waals surface area contributed by atoms with Crippen molar-refractivity contribution in [1.29, 1.82) is 0 Å². The van der Waals surface area contributed by atoms with E-state index in [9.17, 15) is 4.79 Å². The van der Waals surface area contributed by atoms with Crippen LogP contribution in [-0.2, 0) is 4.79 Å². The molecule has 1 aliphatic carbocycles. The second-order valence-corrected chi connectivity index (χ2v) is 9.31. The maximum absolute atomic E-state index is 12.4. The van der Waals surface area contributed by atoms with Gasteiger partial charge in [0.05, 0.1) is 0 Å². The lowest BCUT2D eigenvalue weighted by molar-refractivity contribution is -0.118. The Morgan fingerprint density at radius 2 is 1.85 bits per heavy atom. The molecule has 5 rings (SSSR count). The van der Waals surface area contributed by atoms with Gasteiger partial charge in [-0.1, -0.05) is 49.1 Å². The molecule has 0 radical (unpaired) electrons. The van der Waals surface area contributed by atoms with Gasteiger partial charge in [0.15, 0.2) is 12.2 Å². The normalized spacial score (nSPS) is 14.3. The van der Waals surface area contributed by atoms with Gasteiger partial charge in [-0.25, -0.2) is 4.98 Å². The molecule has 1 amide bonds. The van der Waals surface area contributed by atoms with Crippen LogP contribution >= 0.6 is 11.6 Å². The van der Waals surface area contributed by atoms with E-state index in [4.69, 9.17) is 20.8 Å². The van der Waals surface area contributed by atoms with E-state index in [0.29, 0.717) is 39.4 Å². The van der Waals surface area contributed by atoms with Crippen LogP contribution in [0.2, 0.25) is 5.02 Å². The zero-order valence-electron chi connectivity index (χ0n) is 19.1. The molecule has 4 aromatic rings. The van der Waals surface area contributed by atoms with Gasteiger partial charge in [0.2, 0.25) is 5.89 Å². The number of carbonyl (C=O) groups is 1. The number of hydrogen-bond acceptors (Lipinski definition) is 4. The molecular formula is C28H27ClN2O3. The smallest absolute Gasteiger partial charge is 0.262 e. The molecule has 1 fully saturated rings. The van der Waals surface area contributed by atoms with Crippen LogP contribution in [0, 0.1) is 6.92 Å². The van der Waals surface area contributed by atoms with Gasteiger partial charge in [0.1, 0.15) is 11.3 Å². The minimum Gasteiger partial charge on any atom is -0.484 e. The average molecular weight is 475 g/mol. The lowest BCUT2D eigenvalue weighted by Gasteiger charge is -2.22. The second kappa shape index (κ2) is 9.90. The summed E-state index contributed by atoms with van der Waals surface area (Å²) < 4.78 is 11.6. The van der Waals surface area contributed by atoms with E-state index < -0.39 is 0 Å². The fraction of sp³-hybridized carbons (Fsp3) is 0.286. The van der Waals surface area contributed by atoms with Crippen LogP contribution in [0.4, 0.5) is 5.69 Å². The highest BCUT2D eigenvalue weighted by atomic mass is 35.5. The van der Waals surface area contributed by atoms with Crippen molar-refractivity contribution in [1.82, 2.24) is 4.98 Å². The summed E-state index contributed by atoms with van der Waals surface area (Å²) in [5.41, 5.74) is 5.09. The van der Waals surface area contributed by atoms with Crippen LogP contribution in [0.25, 0.3) is 22.6 Å². The number of carbonyl (C=O) groups excluding carboxylic acids is 1. The Morgan fingerprint density at radius 3 is 2.62 bits per heavy atom. The van der Waals surface area contributed by atoms with Gasteiger partial charge in [-0.15, -0.1) is 0 Å². The SMILES string of the molecule is Cc1ccc(-c2nc3cc(NC(=O)COc4ccc(C5CCCCC5)cc4)ccc3o2)cc1Cl. The topological polar surface area (TPSA) is 64.4 Å². The summed E-state index contributed by atoms with van der Waals surface area (Å²) in [6, 6.07) is 19.2. The molecule has 0 saturated heterocycles. The number of anilines is 1. The molecule has 1 N–H and O–H groups in total. The molecule has 1 saturated carbocycles. The first-order valence-electron chi connectivity index (χ1n) is 11.7. The number of aromatic nitrogens is 1. The number of rotatable bonds is 6. The molecule has 0 atom stereocenters. The Hall–Kier alpha value is -3.31. The average Bonchev–Trinajstić information content (AvgIpc) is 3.29. The van der Waals surface area contributed by atoms with Gasteiger partial charge >= 0.3 is 0 Å². The highest BCUT2D eigenvalue weighted by molar-refractivity contribution is 6.31. The summed E-state index contributed by atoms with van der Waals surface area (Å²) in [6.07, 6.45) is 6.49. The number of fused-ring (bicyclic) bond motifs is 1. The van der Waals surface area contributed by atoms with Crippen LogP contribution < -0.4 is 10.1 Å². The van der Waals surface area contributed by atoms with Crippen molar-refractivity contribution < 1.29 is 13.9 Å². The summed E-state index contributed by atoms with van der Waals surface area (Å²) in [5.74, 6) is 1.61. The van der Waals surface area contributed by atoms with E-state index in [-0.39, 0.29) is 12.5 Å². The summed E-state index contributed by atoms with van der Waals surface area (Å²) in [4.78, 5) is 17.0. The number of amides is 1. The molecule has 0 bridgehead atoms. The molecule has 0 aliphatic heterocycles. The molecule has 0 unspecified atom stereocenters. The number of benzene rings is 3. The lowest BCUT2D eigenvalue weighted by Crippen LogP contribution is -2.20. The quantitative estimate of drug-likeness (QED) is 0.314. The van der Waals surface area contributed by atoms with Gasteiger partial charge < -0.3 is 14.5 Å². The van der Waals surface area contributed by atoms with Crippen LogP contribution in [0.3, 0.4) is 0 Å². The molecule has 174 valence electrons. The standard InChI is InChI=1S/C28H27ClN2O3/c1-18-7-8-21(15-24(18)29)28-31-25-16-22(11-14-26(25)34-28)30-27(32)17-33-23-12-9-20(10-13-23)19-5-3-2-4-6-19/h7-16,19H,2-6,17H2,1H3,(H,30,32). The van der Waals surface area contributed by atoms with E-state index in [1.165, 1.54) is 37.7 Å². The largest absolute Gasteiger partial charge is 0.484 e. The maximum atomic E-state index is 12.4. The fourth-order valence-electron chi connectivity index (χ4n) is 4.47. The number of ether oxygens (including phenoxy) is 1. The number of halogens is 1. The summed E-state index contributed by atoms with van der Waals surface area (Å²) in [5, 5.41) is 3.53. The Bertz CT molecular complexity index is 1310. The number of aryl methyl sites for hydroxylation is 1. The summed E-state index contributed by atoms with van der Waals surface area (Å²) >= 11 is 6.23. The zero-order valence-corrected chi connectivity index (χ0v) is 19.9. The molecule has 5 nitrogen and oxygen atoms in total. The van der Waals surface area contributed by atoms with Gasteiger partial charge in [0.25, 0.3) is 5.91 Å². The number of nitrogens with one attached hydrogen (secondary N) is 1. The lowest BCUT2D eigenvalue weighted by atomic mass is 9.84. The summed E-state index contributed by atoms with van der Waals surface area (Å²) in [7, 11) is 0. The van der Waals surface area contributed by atoms with Crippen LogP contribution in [0.15, 0.2) is 65.1 Å². The van der Waals surface area contributed by atoms with Crippen molar-refractivity contribution in [2.75, 3.05) is 11.9 Å². The van der Waals surface area contributed by atoms with Gasteiger partial charge in [-0.3, -0.25) is 4.79 Å². The third kappa shape index (κ3) is 5.10. The van der Waals surface area contributed by atoms with Gasteiger partial charge in [-0.05, 0) is 79.3 Å². The van der Waals surface area contributed by atoms with Crippen LogP contribution in [0.5, 0.6) is 5.75 Å². The predicted octanol–water partition coefficient (Wildman–Crippen LogP) is 7.52. The highest BCUT2D eigenvalue weighted by Crippen LogP contribution is 2.33. The molecular weight excluding hydrogens is 448 g/mol. The first kappa shape index (κ1) is 22.5. The molecule has 6 heteroatoms. The predicted molar refractivity (Wildman–Crippen MR) is 136 cm³/mol. The van der Waals surface area contributed by atoms with E-state index in [1.54, 1.807) is 18.2 Å². The first-order valence-corrected chi connectivity index (χ1v) is 12.1. The monoisotopic (exact) mass is 474 g/mol. The molecule has 34 heavy (non-hydrogen) atoms. The number of nitrogens with zero attached hydrogens (tertiary/aromatic N) is 1. The van der Waals surface area contributed by atoms with E-state index >= 15 is 0 Å². The third-order valence-corrected chi connectivity index (χ3v) is 6.82. The van der Waals surface area contributed by atoms with Crippen molar-refractivity contribution in [3.63, 3.8) is 0 Å². The van der Waals surface area contributed by atoms with Crippen LogP contribution in [0.1, 0.15) is 49.1 Å². The maximum Gasteiger partial charge on any atom is 0.262 e. The minimum absolute atomic E-state index is 0.0628. The van der Waals surface area contributed by atoms with E-state index in [0.717, 1.165) is 11.1 Å². The molecule has 1 heterocycles. The van der Waals surface area contributed by atoms with Crippen molar-refractivity contribution in [2.24, 2.45) is 0 Å². The van der Waals surface area contributed by atoms with Gasteiger partial charge in [-0.2, -0.15) is 0 Å². The number of hydrogen-bond donors (Lipinski definition) is 1. The second-order valence-electron chi connectivity index (χ2n) is 8.91. The van der Waals surface area contributed by atoms with Crippen molar-refractivity contribution >= 4 is 34.3 Å². The van der Waals surface area contributed by atoms with Gasteiger partial charge in [0, 0.05) is 16.3 Å². The molecule has 1 aromatic heterocycles.